The third-order valence-corrected chi connectivity index (χ3v) is 3.20. The largest absolute Gasteiger partial charge is 0.444 e. The van der Waals surface area contributed by atoms with Crippen LogP contribution in [0.25, 0.3) is 0 Å². The van der Waals surface area contributed by atoms with E-state index in [1.165, 1.54) is 19.1 Å². The quantitative estimate of drug-likeness (QED) is 0.727. The number of hydroxylamine groups is 2. The molecular weight excluding hydrogens is 276 g/mol. The van der Waals surface area contributed by atoms with Crippen molar-refractivity contribution in [3.63, 3.8) is 0 Å². The van der Waals surface area contributed by atoms with E-state index in [1.807, 2.05) is 0 Å². The molecule has 0 aromatic rings. The van der Waals surface area contributed by atoms with Gasteiger partial charge in [-0.25, -0.2) is 9.86 Å². The first-order valence-electron chi connectivity index (χ1n) is 6.92. The van der Waals surface area contributed by atoms with Gasteiger partial charge >= 0.3 is 6.09 Å². The molecule has 1 fully saturated rings. The summed E-state index contributed by atoms with van der Waals surface area (Å²) in [5.74, 6) is -0.360. The van der Waals surface area contributed by atoms with Gasteiger partial charge in [0, 0.05) is 7.05 Å². The molecule has 2 amide bonds. The molecule has 0 saturated carbocycles. The fraction of sp³-hybridized carbons (Fsp3) is 0.857. The van der Waals surface area contributed by atoms with E-state index in [4.69, 9.17) is 14.3 Å². The first kappa shape index (κ1) is 17.7. The third-order valence-electron chi connectivity index (χ3n) is 3.20. The minimum atomic E-state index is -0.934. The summed E-state index contributed by atoms with van der Waals surface area (Å²) in [6.07, 6.45) is -1.04. The van der Waals surface area contributed by atoms with Crippen molar-refractivity contribution in [1.29, 1.82) is 0 Å². The molecular formula is C14H26N2O5. The normalized spacial score (nSPS) is 24.9. The lowest BCUT2D eigenvalue weighted by Gasteiger charge is -2.35. The van der Waals surface area contributed by atoms with Gasteiger partial charge in [0.2, 0.25) is 0 Å². The lowest BCUT2D eigenvalue weighted by atomic mass is 10.1. The van der Waals surface area contributed by atoms with Crippen molar-refractivity contribution in [3.05, 3.63) is 0 Å². The predicted octanol–water partition coefficient (Wildman–Crippen LogP) is 1.77. The minimum Gasteiger partial charge on any atom is -0.444 e. The Balaban J connectivity index is 3.09. The number of likely N-dealkylation sites (N-methyl/N-ethyl adjacent to an activating group) is 1. The van der Waals surface area contributed by atoms with Crippen molar-refractivity contribution in [1.82, 2.24) is 9.96 Å². The van der Waals surface area contributed by atoms with Crippen LogP contribution in [0.4, 0.5) is 4.79 Å². The Morgan fingerprint density at radius 3 is 2.24 bits per heavy atom. The van der Waals surface area contributed by atoms with E-state index < -0.39 is 29.6 Å². The zero-order valence-electron chi connectivity index (χ0n) is 14.1. The van der Waals surface area contributed by atoms with E-state index in [0.29, 0.717) is 0 Å². The summed E-state index contributed by atoms with van der Waals surface area (Å²) in [6.45, 7) is 10.5. The Bertz CT molecular complexity index is 416. The lowest BCUT2D eigenvalue weighted by Crippen LogP contribution is -2.55. The van der Waals surface area contributed by atoms with Crippen LogP contribution >= 0.6 is 0 Å². The third kappa shape index (κ3) is 3.85. The van der Waals surface area contributed by atoms with Gasteiger partial charge in [-0.05, 0) is 41.5 Å². The number of amides is 2. The Hall–Kier alpha value is -1.34. The highest BCUT2D eigenvalue weighted by Crippen LogP contribution is 2.34. The maximum Gasteiger partial charge on any atom is 0.413 e. The zero-order chi connectivity index (χ0) is 16.6. The number of rotatable bonds is 2. The van der Waals surface area contributed by atoms with E-state index >= 15 is 0 Å². The number of nitrogens with zero attached hydrogens (tertiary/aromatic N) is 2. The Morgan fingerprint density at radius 1 is 1.29 bits per heavy atom. The van der Waals surface area contributed by atoms with Crippen LogP contribution in [0.15, 0.2) is 0 Å². The van der Waals surface area contributed by atoms with Gasteiger partial charge < -0.3 is 9.47 Å². The summed E-state index contributed by atoms with van der Waals surface area (Å²) < 4.78 is 11.1. The molecule has 122 valence electrons. The topological polar surface area (TPSA) is 68.3 Å². The predicted molar refractivity (Wildman–Crippen MR) is 76.3 cm³/mol. The highest BCUT2D eigenvalue weighted by Gasteiger charge is 2.53. The van der Waals surface area contributed by atoms with Gasteiger partial charge in [-0.15, -0.1) is 0 Å². The van der Waals surface area contributed by atoms with Crippen molar-refractivity contribution in [2.75, 3.05) is 14.2 Å². The first-order chi connectivity index (χ1) is 9.40. The van der Waals surface area contributed by atoms with Gasteiger partial charge in [0.1, 0.15) is 17.4 Å². The molecule has 0 bridgehead atoms. The molecule has 0 N–H and O–H groups in total. The van der Waals surface area contributed by atoms with Crippen molar-refractivity contribution >= 4 is 12.0 Å². The second kappa shape index (κ2) is 5.81. The molecule has 0 aromatic heterocycles. The summed E-state index contributed by atoms with van der Waals surface area (Å²) in [5.41, 5.74) is -1.59. The second-order valence-electron chi connectivity index (χ2n) is 6.58. The standard InChI is InChI=1S/C14H26N2O5/c1-9-10(11(17)15(7)19-8)16(14(5,6)20-9)12(18)21-13(2,3)4/h9-10H,1-8H3/t9-,10+/m1/s1. The van der Waals surface area contributed by atoms with E-state index in [9.17, 15) is 9.59 Å². The Morgan fingerprint density at radius 2 is 1.81 bits per heavy atom. The van der Waals surface area contributed by atoms with E-state index in [-0.39, 0.29) is 5.91 Å². The van der Waals surface area contributed by atoms with Crippen LogP contribution in [0.2, 0.25) is 0 Å². The Kier molecular flexibility index (Phi) is 4.90. The van der Waals surface area contributed by atoms with Gasteiger partial charge in [0.25, 0.3) is 5.91 Å². The van der Waals surface area contributed by atoms with E-state index in [2.05, 4.69) is 0 Å². The van der Waals surface area contributed by atoms with Crippen LogP contribution in [0.5, 0.6) is 0 Å². The smallest absolute Gasteiger partial charge is 0.413 e. The first-order valence-corrected chi connectivity index (χ1v) is 6.92. The number of ether oxygens (including phenoxy) is 2. The van der Waals surface area contributed by atoms with Crippen molar-refractivity contribution in [3.8, 4) is 0 Å². The fourth-order valence-electron chi connectivity index (χ4n) is 2.35. The average molecular weight is 302 g/mol. The molecule has 0 aliphatic carbocycles. The van der Waals surface area contributed by atoms with Crippen LogP contribution in [0, 0.1) is 0 Å². The summed E-state index contributed by atoms with van der Waals surface area (Å²) in [5, 5.41) is 1.09. The summed E-state index contributed by atoms with van der Waals surface area (Å²) >= 11 is 0. The molecule has 1 aliphatic heterocycles. The minimum absolute atomic E-state index is 0.360. The van der Waals surface area contributed by atoms with Crippen LogP contribution in [-0.2, 0) is 19.1 Å². The average Bonchev–Trinajstić information content (AvgIpc) is 2.54. The van der Waals surface area contributed by atoms with Crippen LogP contribution in [-0.4, -0.2) is 59.6 Å². The van der Waals surface area contributed by atoms with Crippen LogP contribution in [0.1, 0.15) is 41.5 Å². The molecule has 1 aliphatic rings. The molecule has 1 heterocycles. The van der Waals surface area contributed by atoms with Crippen molar-refractivity contribution < 1.29 is 23.9 Å². The highest BCUT2D eigenvalue weighted by molar-refractivity contribution is 5.86. The molecule has 0 aromatic carbocycles. The molecule has 21 heavy (non-hydrogen) atoms. The summed E-state index contributed by atoms with van der Waals surface area (Å²) in [7, 11) is 2.88. The number of carbonyl (C=O) groups is 2. The van der Waals surface area contributed by atoms with Gasteiger partial charge in [0.15, 0.2) is 0 Å². The number of carbonyl (C=O) groups excluding carboxylic acids is 2. The molecule has 7 heteroatoms. The maximum absolute atomic E-state index is 12.5. The van der Waals surface area contributed by atoms with Gasteiger partial charge in [-0.1, -0.05) is 0 Å². The summed E-state index contributed by atoms with van der Waals surface area (Å²) in [6, 6.07) is -0.792. The van der Waals surface area contributed by atoms with Crippen LogP contribution < -0.4 is 0 Å². The van der Waals surface area contributed by atoms with Crippen molar-refractivity contribution in [2.24, 2.45) is 0 Å². The molecule has 0 spiro atoms. The van der Waals surface area contributed by atoms with Gasteiger partial charge in [-0.2, -0.15) is 0 Å². The van der Waals surface area contributed by atoms with Crippen LogP contribution in [0.3, 0.4) is 0 Å². The molecule has 7 nitrogen and oxygen atoms in total. The van der Waals surface area contributed by atoms with E-state index in [1.54, 1.807) is 41.5 Å². The molecule has 1 rings (SSSR count). The lowest BCUT2D eigenvalue weighted by molar-refractivity contribution is -0.174. The molecule has 0 radical (unpaired) electrons. The molecule has 1 saturated heterocycles. The molecule has 0 unspecified atom stereocenters. The van der Waals surface area contributed by atoms with Gasteiger partial charge in [-0.3, -0.25) is 14.5 Å². The number of hydrogen-bond acceptors (Lipinski definition) is 5. The SMILES string of the molecule is CON(C)C(=O)[C@@H]1[C@@H](C)OC(C)(C)N1C(=O)OC(C)(C)C. The highest BCUT2D eigenvalue weighted by atomic mass is 16.7. The zero-order valence-corrected chi connectivity index (χ0v) is 14.1. The second-order valence-corrected chi connectivity index (χ2v) is 6.58. The number of hydrogen-bond donors (Lipinski definition) is 0. The van der Waals surface area contributed by atoms with E-state index in [0.717, 1.165) is 5.06 Å². The maximum atomic E-state index is 12.5. The summed E-state index contributed by atoms with van der Waals surface area (Å²) in [4.78, 5) is 31.1. The fourth-order valence-corrected chi connectivity index (χ4v) is 2.35. The molecule has 2 atom stereocenters. The van der Waals surface area contributed by atoms with Gasteiger partial charge in [0.05, 0.1) is 13.2 Å². The Labute approximate surface area is 126 Å². The monoisotopic (exact) mass is 302 g/mol. The van der Waals surface area contributed by atoms with Crippen molar-refractivity contribution in [2.45, 2.75) is 65.0 Å².